The number of amides is 1. The van der Waals surface area contributed by atoms with E-state index in [2.05, 4.69) is 4.98 Å². The van der Waals surface area contributed by atoms with Crippen LogP contribution in [0.5, 0.6) is 11.5 Å². The third-order valence-electron chi connectivity index (χ3n) is 4.32. The monoisotopic (exact) mass is 405 g/mol. The number of H-pyrrole nitrogens is 1. The normalized spacial score (nSPS) is 11.5. The fourth-order valence-corrected chi connectivity index (χ4v) is 2.79. The Morgan fingerprint density at radius 2 is 1.97 bits per heavy atom. The van der Waals surface area contributed by atoms with Gasteiger partial charge >= 0.3 is 6.18 Å². The number of benzene rings is 2. The first-order valence-corrected chi connectivity index (χ1v) is 8.43. The highest BCUT2D eigenvalue weighted by atomic mass is 19.4. The van der Waals surface area contributed by atoms with Gasteiger partial charge in [-0.1, -0.05) is 12.1 Å². The van der Waals surface area contributed by atoms with E-state index in [1.165, 1.54) is 13.1 Å². The number of alkyl halides is 3. The van der Waals surface area contributed by atoms with Gasteiger partial charge < -0.3 is 21.2 Å². The molecule has 7 nitrogen and oxygen atoms in total. The van der Waals surface area contributed by atoms with Crippen molar-refractivity contribution in [1.29, 1.82) is 5.41 Å². The molecular formula is C19H18F3N5O2. The number of carbonyl (C=O) groups is 1. The minimum absolute atomic E-state index is 0.00159. The number of hydrogen-bond donors (Lipinski definition) is 4. The summed E-state index contributed by atoms with van der Waals surface area (Å²) in [4.78, 5) is 15.9. The van der Waals surface area contributed by atoms with Crippen LogP contribution < -0.4 is 16.2 Å². The molecule has 0 fully saturated rings. The van der Waals surface area contributed by atoms with Crippen molar-refractivity contribution >= 4 is 22.8 Å². The van der Waals surface area contributed by atoms with Crippen molar-refractivity contribution in [3.05, 3.63) is 59.3 Å². The second-order valence-electron chi connectivity index (χ2n) is 6.28. The Labute approximate surface area is 163 Å². The molecule has 2 aromatic carbocycles. The van der Waals surface area contributed by atoms with Gasteiger partial charge in [0.2, 0.25) is 0 Å². The maximum absolute atomic E-state index is 13.5. The Hall–Kier alpha value is -3.53. The number of ether oxygens (including phenoxy) is 1. The SMILES string of the molecule is CN(C(=N)N)C(=O)c1cc2c(C(F)(F)F)ccc(Oc3cccc(CN)c3)c2[nH]1. The molecule has 0 aliphatic carbocycles. The molecule has 0 radical (unpaired) electrons. The van der Waals surface area contributed by atoms with E-state index in [0.717, 1.165) is 22.6 Å². The summed E-state index contributed by atoms with van der Waals surface area (Å²) in [7, 11) is 1.25. The molecule has 152 valence electrons. The predicted octanol–water partition coefficient (Wildman–Crippen LogP) is 3.40. The van der Waals surface area contributed by atoms with E-state index in [1.807, 2.05) is 0 Å². The Morgan fingerprint density at radius 1 is 1.24 bits per heavy atom. The van der Waals surface area contributed by atoms with Crippen molar-refractivity contribution in [2.75, 3.05) is 7.05 Å². The molecule has 10 heteroatoms. The average Bonchev–Trinajstić information content (AvgIpc) is 3.11. The van der Waals surface area contributed by atoms with Crippen LogP contribution in [0, 0.1) is 5.41 Å². The molecular weight excluding hydrogens is 387 g/mol. The maximum atomic E-state index is 13.5. The van der Waals surface area contributed by atoms with Crippen molar-refractivity contribution in [3.8, 4) is 11.5 Å². The summed E-state index contributed by atoms with van der Waals surface area (Å²) in [5, 5.41) is 7.11. The number of aromatic amines is 1. The van der Waals surface area contributed by atoms with Gasteiger partial charge in [-0.25, -0.2) is 0 Å². The fourth-order valence-electron chi connectivity index (χ4n) is 2.79. The molecule has 1 amide bonds. The number of nitrogens with one attached hydrogen (secondary N) is 2. The highest BCUT2D eigenvalue weighted by Gasteiger charge is 2.34. The van der Waals surface area contributed by atoms with Gasteiger partial charge in [-0.05, 0) is 35.9 Å². The van der Waals surface area contributed by atoms with Gasteiger partial charge in [0.05, 0.1) is 11.1 Å². The van der Waals surface area contributed by atoms with Crippen molar-refractivity contribution in [2.45, 2.75) is 12.7 Å². The molecule has 29 heavy (non-hydrogen) atoms. The summed E-state index contributed by atoms with van der Waals surface area (Å²) < 4.78 is 46.1. The van der Waals surface area contributed by atoms with E-state index in [1.54, 1.807) is 24.3 Å². The van der Waals surface area contributed by atoms with Gasteiger partial charge in [-0.3, -0.25) is 15.1 Å². The topological polar surface area (TPSA) is 121 Å². The zero-order valence-electron chi connectivity index (χ0n) is 15.3. The quantitative estimate of drug-likeness (QED) is 0.393. The number of carbonyl (C=O) groups excluding carboxylic acids is 1. The van der Waals surface area contributed by atoms with Crippen LogP contribution in [0.2, 0.25) is 0 Å². The van der Waals surface area contributed by atoms with Gasteiger partial charge in [0.1, 0.15) is 11.4 Å². The lowest BCUT2D eigenvalue weighted by Crippen LogP contribution is -2.38. The van der Waals surface area contributed by atoms with Gasteiger partial charge in [-0.15, -0.1) is 0 Å². The van der Waals surface area contributed by atoms with Crippen LogP contribution in [0.15, 0.2) is 42.5 Å². The predicted molar refractivity (Wildman–Crippen MR) is 102 cm³/mol. The number of guanidine groups is 1. The Morgan fingerprint density at radius 3 is 2.59 bits per heavy atom. The molecule has 3 rings (SSSR count). The van der Waals surface area contributed by atoms with Crippen LogP contribution in [0.3, 0.4) is 0 Å². The van der Waals surface area contributed by atoms with Crippen LogP contribution in [0.25, 0.3) is 10.9 Å². The summed E-state index contributed by atoms with van der Waals surface area (Å²) in [5.41, 5.74) is 10.6. The molecule has 0 spiro atoms. The molecule has 0 saturated heterocycles. The van der Waals surface area contributed by atoms with Crippen LogP contribution in [-0.4, -0.2) is 28.8 Å². The first-order chi connectivity index (χ1) is 13.6. The number of rotatable bonds is 4. The zero-order chi connectivity index (χ0) is 21.3. The molecule has 6 N–H and O–H groups in total. The number of hydrogen-bond acceptors (Lipinski definition) is 4. The van der Waals surface area contributed by atoms with Crippen LogP contribution in [-0.2, 0) is 12.7 Å². The lowest BCUT2D eigenvalue weighted by molar-refractivity contribution is -0.136. The summed E-state index contributed by atoms with van der Waals surface area (Å²) in [6.07, 6.45) is -4.63. The van der Waals surface area contributed by atoms with E-state index in [4.69, 9.17) is 21.6 Å². The molecule has 0 atom stereocenters. The van der Waals surface area contributed by atoms with E-state index in [-0.39, 0.29) is 28.9 Å². The minimum atomic E-state index is -4.63. The molecule has 1 heterocycles. The minimum Gasteiger partial charge on any atom is -0.455 e. The third kappa shape index (κ3) is 4.02. The van der Waals surface area contributed by atoms with Crippen molar-refractivity contribution in [1.82, 2.24) is 9.88 Å². The van der Waals surface area contributed by atoms with Gasteiger partial charge in [0.25, 0.3) is 5.91 Å². The molecule has 0 unspecified atom stereocenters. The highest BCUT2D eigenvalue weighted by molar-refractivity contribution is 6.06. The van der Waals surface area contributed by atoms with Crippen molar-refractivity contribution in [3.63, 3.8) is 0 Å². The Bertz CT molecular complexity index is 1090. The third-order valence-corrected chi connectivity index (χ3v) is 4.32. The van der Waals surface area contributed by atoms with Crippen molar-refractivity contribution in [2.24, 2.45) is 11.5 Å². The second kappa shape index (κ2) is 7.47. The van der Waals surface area contributed by atoms with Gasteiger partial charge in [-0.2, -0.15) is 13.2 Å². The number of aromatic nitrogens is 1. The average molecular weight is 405 g/mol. The lowest BCUT2D eigenvalue weighted by Gasteiger charge is -2.13. The molecule has 0 aliphatic rings. The van der Waals surface area contributed by atoms with Crippen LogP contribution >= 0.6 is 0 Å². The molecule has 0 saturated carbocycles. The second-order valence-corrected chi connectivity index (χ2v) is 6.28. The summed E-state index contributed by atoms with van der Waals surface area (Å²) in [6, 6.07) is 9.95. The van der Waals surface area contributed by atoms with Gasteiger partial charge in [0.15, 0.2) is 11.7 Å². The van der Waals surface area contributed by atoms with E-state index in [0.29, 0.717) is 5.75 Å². The maximum Gasteiger partial charge on any atom is 0.417 e. The fraction of sp³-hybridized carbons (Fsp3) is 0.158. The van der Waals surface area contributed by atoms with E-state index >= 15 is 0 Å². The summed E-state index contributed by atoms with van der Waals surface area (Å²) in [6.45, 7) is 0.276. The number of nitrogens with two attached hydrogens (primary N) is 2. The molecule has 3 aromatic rings. The zero-order valence-corrected chi connectivity index (χ0v) is 15.3. The molecule has 0 bridgehead atoms. The molecule has 1 aromatic heterocycles. The molecule has 0 aliphatic heterocycles. The summed E-state index contributed by atoms with van der Waals surface area (Å²) in [5.74, 6) is -0.804. The first-order valence-electron chi connectivity index (χ1n) is 8.43. The number of halogens is 3. The number of nitrogens with zero attached hydrogens (tertiary/aromatic N) is 1. The Balaban J connectivity index is 2.13. The van der Waals surface area contributed by atoms with E-state index in [9.17, 15) is 18.0 Å². The first kappa shape index (κ1) is 20.2. The lowest BCUT2D eigenvalue weighted by atomic mass is 10.1. The van der Waals surface area contributed by atoms with Crippen molar-refractivity contribution < 1.29 is 22.7 Å². The van der Waals surface area contributed by atoms with E-state index < -0.39 is 23.6 Å². The standard InChI is InChI=1S/C19H18F3N5O2/c1-27(18(24)25)17(28)14-8-12-13(19(20,21)22)5-6-15(16(12)26-14)29-11-4-2-3-10(7-11)9-23/h2-8,26H,9,23H2,1H3,(H3,24,25). The Kier molecular flexibility index (Phi) is 5.21. The number of fused-ring (bicyclic) bond motifs is 1. The smallest absolute Gasteiger partial charge is 0.417 e. The highest BCUT2D eigenvalue weighted by Crippen LogP contribution is 2.40. The largest absolute Gasteiger partial charge is 0.455 e. The summed E-state index contributed by atoms with van der Waals surface area (Å²) >= 11 is 0. The van der Waals surface area contributed by atoms with Gasteiger partial charge in [0, 0.05) is 19.0 Å². The van der Waals surface area contributed by atoms with Crippen LogP contribution in [0.4, 0.5) is 13.2 Å². The van der Waals surface area contributed by atoms with Crippen LogP contribution in [0.1, 0.15) is 21.6 Å².